The number of benzene rings is 1. The number of tetrazole rings is 1. The zero-order valence-corrected chi connectivity index (χ0v) is 17.8. The van der Waals surface area contributed by atoms with Crippen LogP contribution in [0.25, 0.3) is 22.7 Å². The lowest BCUT2D eigenvalue weighted by atomic mass is 10.2. The van der Waals surface area contributed by atoms with Crippen molar-refractivity contribution in [3.63, 3.8) is 0 Å². The largest absolute Gasteiger partial charge is 0.308 e. The van der Waals surface area contributed by atoms with Crippen LogP contribution in [0.2, 0.25) is 5.02 Å². The van der Waals surface area contributed by atoms with Gasteiger partial charge in [0, 0.05) is 30.6 Å². The molecular weight excluding hydrogens is 412 g/mol. The molecule has 0 amide bonds. The van der Waals surface area contributed by atoms with E-state index in [1.165, 1.54) is 5.56 Å². The predicted molar refractivity (Wildman–Crippen MR) is 119 cm³/mol. The smallest absolute Gasteiger partial charge is 0.160 e. The minimum absolute atomic E-state index is 0.617. The van der Waals surface area contributed by atoms with E-state index in [4.69, 9.17) is 16.6 Å². The molecule has 0 aliphatic rings. The maximum atomic E-state index is 6.25. The number of rotatable bonds is 7. The SMILES string of the molecule is CCCCc1nc2cccnc2n1Cc1ccc(-n2cc(Cl)cc2-n2cnnn2)cc1. The first-order valence-electron chi connectivity index (χ1n) is 10.2. The molecule has 0 aliphatic carbocycles. The Bertz CT molecular complexity index is 1300. The fourth-order valence-electron chi connectivity index (χ4n) is 3.71. The van der Waals surface area contributed by atoms with Crippen LogP contribution in [0.1, 0.15) is 31.2 Å². The van der Waals surface area contributed by atoms with Crippen molar-refractivity contribution >= 4 is 22.8 Å². The Morgan fingerprint density at radius 2 is 1.97 bits per heavy atom. The van der Waals surface area contributed by atoms with Crippen LogP contribution < -0.4 is 0 Å². The van der Waals surface area contributed by atoms with E-state index >= 15 is 0 Å². The second kappa shape index (κ2) is 8.31. The summed E-state index contributed by atoms with van der Waals surface area (Å²) in [5, 5.41) is 12.0. The highest BCUT2D eigenvalue weighted by Gasteiger charge is 2.13. The van der Waals surface area contributed by atoms with Crippen LogP contribution in [-0.2, 0) is 13.0 Å². The molecule has 0 fully saturated rings. The van der Waals surface area contributed by atoms with Crippen LogP contribution in [0, 0.1) is 0 Å². The number of hydrogen-bond donors (Lipinski definition) is 0. The van der Waals surface area contributed by atoms with Gasteiger partial charge in [-0.2, -0.15) is 4.68 Å². The Morgan fingerprint density at radius 3 is 2.74 bits per heavy atom. The third-order valence-electron chi connectivity index (χ3n) is 5.24. The number of halogens is 1. The Morgan fingerprint density at radius 1 is 1.10 bits per heavy atom. The van der Waals surface area contributed by atoms with Gasteiger partial charge >= 0.3 is 0 Å². The molecule has 0 radical (unpaired) electrons. The van der Waals surface area contributed by atoms with Crippen molar-refractivity contribution in [1.82, 2.24) is 39.3 Å². The Balaban J connectivity index is 1.46. The van der Waals surface area contributed by atoms with Crippen LogP contribution in [0.15, 0.2) is 61.2 Å². The summed E-state index contributed by atoms with van der Waals surface area (Å²) in [6, 6.07) is 14.1. The molecule has 0 atom stereocenters. The van der Waals surface area contributed by atoms with Gasteiger partial charge in [0.15, 0.2) is 5.65 Å². The molecule has 31 heavy (non-hydrogen) atoms. The van der Waals surface area contributed by atoms with Crippen LogP contribution in [-0.4, -0.2) is 39.3 Å². The average Bonchev–Trinajstić information content (AvgIpc) is 3.52. The molecule has 0 saturated carbocycles. The van der Waals surface area contributed by atoms with Crippen molar-refractivity contribution in [2.75, 3.05) is 0 Å². The van der Waals surface area contributed by atoms with Crippen molar-refractivity contribution in [1.29, 1.82) is 0 Å². The van der Waals surface area contributed by atoms with Gasteiger partial charge in [0.1, 0.15) is 23.5 Å². The van der Waals surface area contributed by atoms with Gasteiger partial charge in [-0.05, 0) is 46.7 Å². The zero-order valence-electron chi connectivity index (χ0n) is 17.1. The topological polar surface area (TPSA) is 79.2 Å². The molecule has 0 aliphatic heterocycles. The summed E-state index contributed by atoms with van der Waals surface area (Å²) >= 11 is 6.25. The van der Waals surface area contributed by atoms with Gasteiger partial charge < -0.3 is 9.13 Å². The second-order valence-corrected chi connectivity index (χ2v) is 7.81. The van der Waals surface area contributed by atoms with Crippen LogP contribution >= 0.6 is 11.6 Å². The number of aromatic nitrogens is 8. The van der Waals surface area contributed by atoms with E-state index in [1.54, 1.807) is 11.0 Å². The number of hydrogen-bond acceptors (Lipinski definition) is 5. The maximum Gasteiger partial charge on any atom is 0.160 e. The zero-order chi connectivity index (χ0) is 21.2. The summed E-state index contributed by atoms with van der Waals surface area (Å²) in [6.45, 7) is 2.92. The fraction of sp³-hybridized carbons (Fsp3) is 0.227. The van der Waals surface area contributed by atoms with Crippen molar-refractivity contribution in [3.05, 3.63) is 77.6 Å². The molecule has 4 aromatic heterocycles. The number of fused-ring (bicyclic) bond motifs is 1. The Kier molecular flexibility index (Phi) is 5.21. The van der Waals surface area contributed by atoms with Gasteiger partial charge in [0.25, 0.3) is 0 Å². The van der Waals surface area contributed by atoms with E-state index < -0.39 is 0 Å². The molecular formula is C22H21ClN8. The minimum atomic E-state index is 0.617. The lowest BCUT2D eigenvalue weighted by Crippen LogP contribution is -2.07. The van der Waals surface area contributed by atoms with E-state index in [0.29, 0.717) is 5.02 Å². The molecule has 5 rings (SSSR count). The molecule has 9 heteroatoms. The Labute approximate surface area is 184 Å². The molecule has 0 bridgehead atoms. The summed E-state index contributed by atoms with van der Waals surface area (Å²) in [4.78, 5) is 9.39. The molecule has 156 valence electrons. The van der Waals surface area contributed by atoms with Gasteiger partial charge in [-0.1, -0.05) is 37.1 Å². The quantitative estimate of drug-likeness (QED) is 0.384. The molecule has 8 nitrogen and oxygen atoms in total. The highest BCUT2D eigenvalue weighted by Crippen LogP contribution is 2.23. The standard InChI is InChI=1S/C22H21ClN8/c1-2-3-6-20-26-19-5-4-11-24-22(19)30(20)13-16-7-9-18(10-8-16)29-14-17(23)12-21(29)31-15-25-27-28-31/h4-5,7-12,14-15H,2-3,6,13H2,1H3. The molecule has 0 N–H and O–H groups in total. The first-order chi connectivity index (χ1) is 15.2. The van der Waals surface area contributed by atoms with E-state index in [9.17, 15) is 0 Å². The summed E-state index contributed by atoms with van der Waals surface area (Å²) in [5.41, 5.74) is 4.02. The summed E-state index contributed by atoms with van der Waals surface area (Å²) in [5.74, 6) is 1.85. The van der Waals surface area contributed by atoms with Crippen LogP contribution in [0.5, 0.6) is 0 Å². The Hall–Kier alpha value is -3.52. The highest BCUT2D eigenvalue weighted by molar-refractivity contribution is 6.30. The normalized spacial score (nSPS) is 11.4. The third kappa shape index (κ3) is 3.82. The molecule has 0 spiro atoms. The number of pyridine rings is 1. The molecule has 5 aromatic rings. The van der Waals surface area contributed by atoms with Crippen molar-refractivity contribution < 1.29 is 0 Å². The summed E-state index contributed by atoms with van der Waals surface area (Å²) < 4.78 is 5.77. The van der Waals surface area contributed by atoms with Crippen molar-refractivity contribution in [3.8, 4) is 11.5 Å². The van der Waals surface area contributed by atoms with Gasteiger partial charge in [-0.3, -0.25) is 0 Å². The van der Waals surface area contributed by atoms with Crippen molar-refractivity contribution in [2.45, 2.75) is 32.7 Å². The average molecular weight is 433 g/mol. The number of aryl methyl sites for hydroxylation is 1. The summed E-state index contributed by atoms with van der Waals surface area (Å²) in [7, 11) is 0. The first kappa shape index (κ1) is 19.4. The molecule has 0 saturated heterocycles. The van der Waals surface area contributed by atoms with E-state index in [2.05, 4.69) is 56.3 Å². The van der Waals surface area contributed by atoms with Gasteiger partial charge in [-0.15, -0.1) is 5.10 Å². The van der Waals surface area contributed by atoms with E-state index in [0.717, 1.165) is 54.3 Å². The number of imidazole rings is 1. The maximum absolute atomic E-state index is 6.25. The number of unbranched alkanes of at least 4 members (excludes halogenated alkanes) is 1. The van der Waals surface area contributed by atoms with Gasteiger partial charge in [0.2, 0.25) is 0 Å². The van der Waals surface area contributed by atoms with Crippen LogP contribution in [0.3, 0.4) is 0 Å². The molecule has 1 aromatic carbocycles. The highest BCUT2D eigenvalue weighted by atomic mass is 35.5. The lowest BCUT2D eigenvalue weighted by Gasteiger charge is -2.11. The fourth-order valence-corrected chi connectivity index (χ4v) is 3.91. The van der Waals surface area contributed by atoms with E-state index in [-0.39, 0.29) is 0 Å². The number of nitrogens with zero attached hydrogens (tertiary/aromatic N) is 8. The van der Waals surface area contributed by atoms with Crippen LogP contribution in [0.4, 0.5) is 0 Å². The predicted octanol–water partition coefficient (Wildman–Crippen LogP) is 4.24. The van der Waals surface area contributed by atoms with E-state index in [1.807, 2.05) is 35.2 Å². The van der Waals surface area contributed by atoms with Gasteiger partial charge in [-0.25, -0.2) is 9.97 Å². The minimum Gasteiger partial charge on any atom is -0.308 e. The summed E-state index contributed by atoms with van der Waals surface area (Å²) in [6.07, 6.45) is 8.41. The third-order valence-corrected chi connectivity index (χ3v) is 5.45. The lowest BCUT2D eigenvalue weighted by molar-refractivity contribution is 0.686. The monoisotopic (exact) mass is 432 g/mol. The van der Waals surface area contributed by atoms with Gasteiger partial charge in [0.05, 0.1) is 11.6 Å². The van der Waals surface area contributed by atoms with Crippen molar-refractivity contribution in [2.24, 2.45) is 0 Å². The molecule has 4 heterocycles. The molecule has 0 unspecified atom stereocenters. The first-order valence-corrected chi connectivity index (χ1v) is 10.6. The second-order valence-electron chi connectivity index (χ2n) is 7.37.